The summed E-state index contributed by atoms with van der Waals surface area (Å²) in [6.07, 6.45) is 5.35. The summed E-state index contributed by atoms with van der Waals surface area (Å²) in [5.41, 5.74) is 0.342. The van der Waals surface area contributed by atoms with Crippen LogP contribution < -0.4 is 10.6 Å². The lowest BCUT2D eigenvalue weighted by molar-refractivity contribution is -0.168. The Morgan fingerprint density at radius 1 is 1.41 bits per heavy atom. The zero-order valence-electron chi connectivity index (χ0n) is 14.1. The Bertz CT molecular complexity index is 361. The number of halogens is 1. The molecular formula is C16H32IN3O2. The normalized spacial score (nSPS) is 27.4. The second-order valence-electron chi connectivity index (χ2n) is 6.47. The third-order valence-electron chi connectivity index (χ3n) is 4.97. The predicted octanol–water partition coefficient (Wildman–Crippen LogP) is 2.14. The minimum absolute atomic E-state index is 0. The van der Waals surface area contributed by atoms with E-state index in [1.165, 1.54) is 19.3 Å². The van der Waals surface area contributed by atoms with Gasteiger partial charge in [0, 0.05) is 37.8 Å². The second kappa shape index (κ2) is 9.27. The van der Waals surface area contributed by atoms with Crippen LogP contribution in [-0.2, 0) is 4.74 Å². The summed E-state index contributed by atoms with van der Waals surface area (Å²) in [6, 6.07) is 0.477. The maximum Gasteiger partial charge on any atom is 0.191 e. The molecule has 3 unspecified atom stereocenters. The number of aliphatic hydroxyl groups excluding tert-OH is 1. The lowest BCUT2D eigenvalue weighted by Crippen LogP contribution is -2.68. The minimum Gasteiger partial charge on any atom is -0.396 e. The van der Waals surface area contributed by atoms with Crippen molar-refractivity contribution in [1.29, 1.82) is 0 Å². The van der Waals surface area contributed by atoms with E-state index in [1.807, 2.05) is 6.92 Å². The molecule has 0 amide bonds. The van der Waals surface area contributed by atoms with Gasteiger partial charge >= 0.3 is 0 Å². The number of aliphatic hydroxyl groups is 1. The van der Waals surface area contributed by atoms with E-state index in [2.05, 4.69) is 29.5 Å². The Morgan fingerprint density at radius 3 is 2.64 bits per heavy atom. The highest BCUT2D eigenvalue weighted by Gasteiger charge is 2.59. The van der Waals surface area contributed by atoms with Gasteiger partial charge in [-0.05, 0) is 39.0 Å². The zero-order chi connectivity index (χ0) is 15.3. The standard InChI is InChI=1S/C16H31N3O2.HI/c1-4-17-15(18-10-12(3)11-20)19-13-9-14(21-5-2)16(13)7-6-8-16;/h12-14,20H,4-11H2,1-3H3,(H2,17,18,19);1H. The molecule has 3 atom stereocenters. The molecule has 0 aromatic rings. The lowest BCUT2D eigenvalue weighted by Gasteiger charge is -2.61. The largest absolute Gasteiger partial charge is 0.396 e. The summed E-state index contributed by atoms with van der Waals surface area (Å²) in [7, 11) is 0. The lowest BCUT2D eigenvalue weighted by atomic mass is 9.51. The summed E-state index contributed by atoms with van der Waals surface area (Å²) in [4.78, 5) is 4.59. The molecule has 0 aromatic carbocycles. The van der Waals surface area contributed by atoms with Crippen molar-refractivity contribution < 1.29 is 9.84 Å². The van der Waals surface area contributed by atoms with Crippen LogP contribution in [-0.4, -0.2) is 49.5 Å². The molecule has 0 aromatic heterocycles. The number of nitrogens with one attached hydrogen (secondary N) is 2. The molecule has 2 saturated carbocycles. The molecule has 2 aliphatic rings. The summed E-state index contributed by atoms with van der Waals surface area (Å²) in [5, 5.41) is 16.0. The molecule has 0 heterocycles. The monoisotopic (exact) mass is 425 g/mol. The van der Waals surface area contributed by atoms with E-state index in [-0.39, 0.29) is 36.5 Å². The van der Waals surface area contributed by atoms with Gasteiger partial charge in [0.15, 0.2) is 5.96 Å². The topological polar surface area (TPSA) is 65.9 Å². The van der Waals surface area contributed by atoms with Crippen LogP contribution in [0, 0.1) is 11.3 Å². The predicted molar refractivity (Wildman–Crippen MR) is 101 cm³/mol. The summed E-state index contributed by atoms with van der Waals surface area (Å²) >= 11 is 0. The van der Waals surface area contributed by atoms with Crippen LogP contribution in [0.1, 0.15) is 46.5 Å². The van der Waals surface area contributed by atoms with Crippen molar-refractivity contribution in [1.82, 2.24) is 10.6 Å². The smallest absolute Gasteiger partial charge is 0.191 e. The van der Waals surface area contributed by atoms with Crippen LogP contribution >= 0.6 is 24.0 Å². The van der Waals surface area contributed by atoms with Gasteiger partial charge in [0.25, 0.3) is 0 Å². The van der Waals surface area contributed by atoms with Crippen LogP contribution in [0.4, 0.5) is 0 Å². The van der Waals surface area contributed by atoms with E-state index >= 15 is 0 Å². The first kappa shape index (κ1) is 20.0. The fourth-order valence-corrected chi connectivity index (χ4v) is 3.43. The highest BCUT2D eigenvalue weighted by Crippen LogP contribution is 2.57. The average molecular weight is 425 g/mol. The second-order valence-corrected chi connectivity index (χ2v) is 6.47. The van der Waals surface area contributed by atoms with Crippen molar-refractivity contribution in [3.8, 4) is 0 Å². The van der Waals surface area contributed by atoms with Crippen LogP contribution in [0.2, 0.25) is 0 Å². The maximum atomic E-state index is 9.11. The fraction of sp³-hybridized carbons (Fsp3) is 0.938. The average Bonchev–Trinajstić information content (AvgIpc) is 2.41. The van der Waals surface area contributed by atoms with E-state index < -0.39 is 0 Å². The van der Waals surface area contributed by atoms with Gasteiger partial charge in [-0.25, -0.2) is 0 Å². The first-order valence-electron chi connectivity index (χ1n) is 8.43. The molecule has 5 nitrogen and oxygen atoms in total. The molecule has 3 N–H and O–H groups in total. The third kappa shape index (κ3) is 4.26. The van der Waals surface area contributed by atoms with Crippen molar-refractivity contribution in [2.75, 3.05) is 26.3 Å². The fourth-order valence-electron chi connectivity index (χ4n) is 3.43. The number of hydrogen-bond donors (Lipinski definition) is 3. The van der Waals surface area contributed by atoms with Gasteiger partial charge < -0.3 is 20.5 Å². The molecule has 0 saturated heterocycles. The molecule has 1 spiro atoms. The van der Waals surface area contributed by atoms with Crippen LogP contribution in [0.5, 0.6) is 0 Å². The third-order valence-corrected chi connectivity index (χ3v) is 4.97. The van der Waals surface area contributed by atoms with E-state index in [0.29, 0.717) is 24.1 Å². The van der Waals surface area contributed by atoms with Crippen LogP contribution in [0.25, 0.3) is 0 Å². The van der Waals surface area contributed by atoms with Crippen molar-refractivity contribution >= 4 is 29.9 Å². The first-order valence-corrected chi connectivity index (χ1v) is 8.43. The van der Waals surface area contributed by atoms with Gasteiger partial charge in [-0.3, -0.25) is 4.99 Å². The number of aliphatic imine (C=N–C) groups is 1. The quantitative estimate of drug-likeness (QED) is 0.332. The molecule has 0 aliphatic heterocycles. The summed E-state index contributed by atoms with van der Waals surface area (Å²) in [5.74, 6) is 1.08. The molecule has 6 heteroatoms. The van der Waals surface area contributed by atoms with Gasteiger partial charge in [0.1, 0.15) is 0 Å². The molecule has 0 radical (unpaired) electrons. The summed E-state index contributed by atoms with van der Waals surface area (Å²) < 4.78 is 5.89. The van der Waals surface area contributed by atoms with Gasteiger partial charge in [-0.1, -0.05) is 13.3 Å². The molecule has 130 valence electrons. The van der Waals surface area contributed by atoms with E-state index in [1.54, 1.807) is 0 Å². The van der Waals surface area contributed by atoms with Crippen LogP contribution in [0.3, 0.4) is 0 Å². The Morgan fingerprint density at radius 2 is 2.14 bits per heavy atom. The number of guanidine groups is 1. The maximum absolute atomic E-state index is 9.11. The highest BCUT2D eigenvalue weighted by atomic mass is 127. The van der Waals surface area contributed by atoms with E-state index in [0.717, 1.165) is 25.5 Å². The Hall–Kier alpha value is -0.0800. The van der Waals surface area contributed by atoms with Crippen LogP contribution in [0.15, 0.2) is 4.99 Å². The number of nitrogens with zero attached hydrogens (tertiary/aromatic N) is 1. The Balaban J connectivity index is 0.00000242. The number of hydrogen-bond acceptors (Lipinski definition) is 3. The summed E-state index contributed by atoms with van der Waals surface area (Å²) in [6.45, 7) is 8.66. The number of rotatable bonds is 7. The highest BCUT2D eigenvalue weighted by molar-refractivity contribution is 14.0. The first-order chi connectivity index (χ1) is 10.2. The van der Waals surface area contributed by atoms with Crippen molar-refractivity contribution in [2.45, 2.75) is 58.6 Å². The number of ether oxygens (including phenoxy) is 1. The van der Waals surface area contributed by atoms with Crippen molar-refractivity contribution in [3.05, 3.63) is 0 Å². The zero-order valence-corrected chi connectivity index (χ0v) is 16.4. The van der Waals surface area contributed by atoms with Gasteiger partial charge in [0.2, 0.25) is 0 Å². The van der Waals surface area contributed by atoms with Gasteiger partial charge in [0.05, 0.1) is 6.10 Å². The molecule has 22 heavy (non-hydrogen) atoms. The minimum atomic E-state index is 0. The van der Waals surface area contributed by atoms with Gasteiger partial charge in [-0.2, -0.15) is 0 Å². The van der Waals surface area contributed by atoms with E-state index in [4.69, 9.17) is 9.84 Å². The molecule has 0 bridgehead atoms. The van der Waals surface area contributed by atoms with Crippen molar-refractivity contribution in [3.63, 3.8) is 0 Å². The Labute approximate surface area is 151 Å². The van der Waals surface area contributed by atoms with Gasteiger partial charge in [-0.15, -0.1) is 24.0 Å². The molecule has 2 aliphatic carbocycles. The SMILES string of the molecule is CCNC(=NCC(C)CO)NC1CC(OCC)C12CCC2.I. The molecule has 2 rings (SSSR count). The van der Waals surface area contributed by atoms with Crippen molar-refractivity contribution in [2.24, 2.45) is 16.3 Å². The van der Waals surface area contributed by atoms with E-state index in [9.17, 15) is 0 Å². The molecular weight excluding hydrogens is 393 g/mol. The Kier molecular flexibility index (Phi) is 8.42. The molecule has 2 fully saturated rings.